The van der Waals surface area contributed by atoms with E-state index in [-0.39, 0.29) is 0 Å². The molecule has 4 heteroatoms. The lowest BCUT2D eigenvalue weighted by Gasteiger charge is -2.13. The van der Waals surface area contributed by atoms with E-state index in [1.165, 1.54) is 30.5 Å². The highest BCUT2D eigenvalue weighted by atomic mass is 16.3. The van der Waals surface area contributed by atoms with Gasteiger partial charge in [-0.1, -0.05) is 6.42 Å². The van der Waals surface area contributed by atoms with Gasteiger partial charge in [0.25, 0.3) is 0 Å². The molecule has 0 saturated carbocycles. The molecule has 1 N–H and O–H groups in total. The van der Waals surface area contributed by atoms with Crippen LogP contribution in [-0.4, -0.2) is 16.5 Å². The zero-order valence-electron chi connectivity index (χ0n) is 12.2. The topological polar surface area (TPSA) is 51.0 Å². The first-order valence-corrected chi connectivity index (χ1v) is 7.47. The predicted octanol–water partition coefficient (Wildman–Crippen LogP) is 3.75. The number of fused-ring (bicyclic) bond motifs is 1. The molecule has 3 rings (SSSR count). The minimum Gasteiger partial charge on any atom is -0.469 e. The van der Waals surface area contributed by atoms with Crippen LogP contribution in [0.1, 0.15) is 43.2 Å². The van der Waals surface area contributed by atoms with Crippen LogP contribution in [0.4, 0.5) is 5.82 Å². The van der Waals surface area contributed by atoms with E-state index in [9.17, 15) is 0 Å². The van der Waals surface area contributed by atoms with E-state index in [1.807, 2.05) is 13.0 Å². The summed E-state index contributed by atoms with van der Waals surface area (Å²) in [6.45, 7) is 4.94. The second-order valence-corrected chi connectivity index (χ2v) is 5.30. The Morgan fingerprint density at radius 2 is 2.05 bits per heavy atom. The van der Waals surface area contributed by atoms with Gasteiger partial charge in [-0.2, -0.15) is 0 Å². The lowest BCUT2D eigenvalue weighted by molar-refractivity contribution is 0.535. The number of nitrogens with one attached hydrogen (secondary N) is 1. The van der Waals surface area contributed by atoms with Crippen molar-refractivity contribution in [1.29, 1.82) is 0 Å². The molecule has 1 aliphatic rings. The smallest absolute Gasteiger partial charge is 0.165 e. The van der Waals surface area contributed by atoms with E-state index in [0.29, 0.717) is 0 Å². The highest BCUT2D eigenvalue weighted by molar-refractivity contribution is 5.61. The van der Waals surface area contributed by atoms with Crippen molar-refractivity contribution in [2.75, 3.05) is 11.9 Å². The minimum absolute atomic E-state index is 0.785. The van der Waals surface area contributed by atoms with Gasteiger partial charge in [-0.05, 0) is 45.6 Å². The van der Waals surface area contributed by atoms with E-state index in [2.05, 4.69) is 12.2 Å². The van der Waals surface area contributed by atoms with Crippen LogP contribution in [0.5, 0.6) is 0 Å². The van der Waals surface area contributed by atoms with Crippen LogP contribution >= 0.6 is 0 Å². The Morgan fingerprint density at radius 3 is 2.80 bits per heavy atom. The predicted molar refractivity (Wildman–Crippen MR) is 79.9 cm³/mol. The first-order chi connectivity index (χ1) is 9.79. The van der Waals surface area contributed by atoms with Crippen LogP contribution in [0.15, 0.2) is 16.7 Å². The molecule has 0 atom stereocenters. The SMILES string of the molecule is CCNc1nc(-c2ccoc2C)nc2c1CCCCC2. The highest BCUT2D eigenvalue weighted by Gasteiger charge is 2.18. The molecule has 2 aromatic heterocycles. The number of anilines is 1. The molecule has 0 amide bonds. The van der Waals surface area contributed by atoms with Gasteiger partial charge >= 0.3 is 0 Å². The van der Waals surface area contributed by atoms with Crippen molar-refractivity contribution >= 4 is 5.82 Å². The molecule has 20 heavy (non-hydrogen) atoms. The Hall–Kier alpha value is -1.84. The van der Waals surface area contributed by atoms with Gasteiger partial charge in [0.1, 0.15) is 11.6 Å². The Bertz CT molecular complexity index is 604. The molecule has 0 saturated heterocycles. The zero-order chi connectivity index (χ0) is 13.9. The summed E-state index contributed by atoms with van der Waals surface area (Å²) in [4.78, 5) is 9.55. The number of hydrogen-bond acceptors (Lipinski definition) is 4. The zero-order valence-corrected chi connectivity index (χ0v) is 12.2. The Morgan fingerprint density at radius 1 is 1.20 bits per heavy atom. The largest absolute Gasteiger partial charge is 0.469 e. The normalized spacial score (nSPS) is 14.7. The summed E-state index contributed by atoms with van der Waals surface area (Å²) in [5, 5.41) is 3.40. The van der Waals surface area contributed by atoms with Gasteiger partial charge < -0.3 is 9.73 Å². The Labute approximate surface area is 119 Å². The summed E-state index contributed by atoms with van der Waals surface area (Å²) < 4.78 is 5.39. The van der Waals surface area contributed by atoms with Crippen molar-refractivity contribution in [3.8, 4) is 11.4 Å². The molecule has 0 aliphatic heterocycles. The van der Waals surface area contributed by atoms with Gasteiger partial charge in [0, 0.05) is 17.8 Å². The van der Waals surface area contributed by atoms with Crippen LogP contribution in [0.2, 0.25) is 0 Å². The van der Waals surface area contributed by atoms with Crippen molar-refractivity contribution in [2.24, 2.45) is 0 Å². The van der Waals surface area contributed by atoms with E-state index < -0.39 is 0 Å². The molecule has 0 aromatic carbocycles. The van der Waals surface area contributed by atoms with Gasteiger partial charge in [0.2, 0.25) is 0 Å². The summed E-state index contributed by atoms with van der Waals surface area (Å²) >= 11 is 0. The Balaban J connectivity index is 2.11. The Kier molecular flexibility index (Phi) is 3.72. The van der Waals surface area contributed by atoms with Gasteiger partial charge in [0.05, 0.1) is 11.8 Å². The molecule has 0 spiro atoms. The number of hydrogen-bond donors (Lipinski definition) is 1. The number of aryl methyl sites for hydroxylation is 2. The molecule has 0 unspecified atom stereocenters. The fourth-order valence-electron chi connectivity index (χ4n) is 2.82. The van der Waals surface area contributed by atoms with Gasteiger partial charge in [-0.25, -0.2) is 9.97 Å². The van der Waals surface area contributed by atoms with E-state index >= 15 is 0 Å². The monoisotopic (exact) mass is 271 g/mol. The number of aromatic nitrogens is 2. The molecular weight excluding hydrogens is 250 g/mol. The van der Waals surface area contributed by atoms with Crippen molar-refractivity contribution in [1.82, 2.24) is 9.97 Å². The maximum Gasteiger partial charge on any atom is 0.165 e. The van der Waals surface area contributed by atoms with Crippen molar-refractivity contribution in [3.63, 3.8) is 0 Å². The van der Waals surface area contributed by atoms with Crippen LogP contribution in [-0.2, 0) is 12.8 Å². The van der Waals surface area contributed by atoms with E-state index in [1.54, 1.807) is 6.26 Å². The van der Waals surface area contributed by atoms with Crippen LogP contribution in [0.25, 0.3) is 11.4 Å². The van der Waals surface area contributed by atoms with Gasteiger partial charge in [-0.15, -0.1) is 0 Å². The summed E-state index contributed by atoms with van der Waals surface area (Å²) in [5.74, 6) is 2.67. The van der Waals surface area contributed by atoms with Crippen molar-refractivity contribution < 1.29 is 4.42 Å². The number of nitrogens with zero attached hydrogens (tertiary/aromatic N) is 2. The maximum atomic E-state index is 5.39. The number of rotatable bonds is 3. The third-order valence-electron chi connectivity index (χ3n) is 3.88. The lowest BCUT2D eigenvalue weighted by Crippen LogP contribution is -2.09. The molecule has 4 nitrogen and oxygen atoms in total. The maximum absolute atomic E-state index is 5.39. The molecule has 0 radical (unpaired) electrons. The van der Waals surface area contributed by atoms with E-state index in [4.69, 9.17) is 14.4 Å². The third kappa shape index (κ3) is 2.42. The fraction of sp³-hybridized carbons (Fsp3) is 0.500. The highest BCUT2D eigenvalue weighted by Crippen LogP contribution is 2.29. The number of furan rings is 1. The second-order valence-electron chi connectivity index (χ2n) is 5.30. The quantitative estimate of drug-likeness (QED) is 0.864. The van der Waals surface area contributed by atoms with Gasteiger partial charge in [-0.3, -0.25) is 0 Å². The first kappa shape index (κ1) is 13.2. The third-order valence-corrected chi connectivity index (χ3v) is 3.88. The first-order valence-electron chi connectivity index (χ1n) is 7.47. The standard InChI is InChI=1S/C16H21N3O/c1-3-17-15-13-7-5-4-6-8-14(13)18-16(19-15)12-9-10-20-11(12)2/h9-10H,3-8H2,1-2H3,(H,17,18,19). The summed E-state index contributed by atoms with van der Waals surface area (Å²) in [5.41, 5.74) is 3.52. The molecular formula is C16H21N3O. The van der Waals surface area contributed by atoms with Crippen molar-refractivity contribution in [3.05, 3.63) is 29.3 Å². The molecule has 0 bridgehead atoms. The van der Waals surface area contributed by atoms with Crippen LogP contribution in [0.3, 0.4) is 0 Å². The molecule has 2 heterocycles. The average Bonchev–Trinajstić information content (AvgIpc) is 2.73. The second kappa shape index (κ2) is 5.65. The van der Waals surface area contributed by atoms with Crippen LogP contribution < -0.4 is 5.32 Å². The summed E-state index contributed by atoms with van der Waals surface area (Å²) in [6.07, 6.45) is 7.58. The fourth-order valence-corrected chi connectivity index (χ4v) is 2.82. The summed E-state index contributed by atoms with van der Waals surface area (Å²) in [6, 6.07) is 1.95. The summed E-state index contributed by atoms with van der Waals surface area (Å²) in [7, 11) is 0. The molecule has 1 aliphatic carbocycles. The molecule has 0 fully saturated rings. The molecule has 106 valence electrons. The van der Waals surface area contributed by atoms with Gasteiger partial charge in [0.15, 0.2) is 5.82 Å². The average molecular weight is 271 g/mol. The molecule has 2 aromatic rings. The minimum atomic E-state index is 0.785. The van der Waals surface area contributed by atoms with E-state index in [0.717, 1.165) is 42.4 Å². The lowest BCUT2D eigenvalue weighted by atomic mass is 10.1. The van der Waals surface area contributed by atoms with Crippen LogP contribution in [0, 0.1) is 6.92 Å². The van der Waals surface area contributed by atoms with Crippen molar-refractivity contribution in [2.45, 2.75) is 46.0 Å².